The average molecular weight is 293 g/mol. The van der Waals surface area contributed by atoms with Gasteiger partial charge in [0.1, 0.15) is 0 Å². The fourth-order valence-electron chi connectivity index (χ4n) is 1.38. The van der Waals surface area contributed by atoms with Gasteiger partial charge in [-0.15, -0.1) is 0 Å². The van der Waals surface area contributed by atoms with Crippen molar-refractivity contribution in [2.45, 2.75) is 10.1 Å². The summed E-state index contributed by atoms with van der Waals surface area (Å²) < 4.78 is 4.96. The number of para-hydroxylation sites is 1. The quantitative estimate of drug-likeness (QED) is 0.659. The molecule has 20 heavy (non-hydrogen) atoms. The van der Waals surface area contributed by atoms with Crippen LogP contribution in [0.25, 0.3) is 0 Å². The molecule has 0 saturated carbocycles. The molecule has 8 nitrogen and oxygen atoms in total. The highest BCUT2D eigenvalue weighted by Crippen LogP contribution is 2.33. The van der Waals surface area contributed by atoms with Crippen molar-refractivity contribution in [1.29, 1.82) is 0 Å². The standard InChI is InChI=1S/C11H11N5O3S/c1-12-9-13-10(19-2)15-11(14-9)20-8-6-4-3-5-7(8)16(17)18/h3-6H,1-2H3,(H,12,13,14,15). The first-order chi connectivity index (χ1) is 9.63. The molecule has 0 amide bonds. The van der Waals surface area contributed by atoms with E-state index >= 15 is 0 Å². The summed E-state index contributed by atoms with van der Waals surface area (Å²) in [5, 5.41) is 14.1. The molecule has 0 unspecified atom stereocenters. The maximum Gasteiger partial charge on any atom is 0.321 e. The Labute approximate surface area is 118 Å². The Morgan fingerprint density at radius 2 is 2.05 bits per heavy atom. The molecule has 104 valence electrons. The molecule has 0 aliphatic heterocycles. The normalized spacial score (nSPS) is 10.1. The second-order valence-electron chi connectivity index (χ2n) is 3.51. The third kappa shape index (κ3) is 3.12. The summed E-state index contributed by atoms with van der Waals surface area (Å²) in [5.74, 6) is 0.331. The fraction of sp³-hybridized carbons (Fsp3) is 0.182. The molecule has 0 aliphatic carbocycles. The van der Waals surface area contributed by atoms with E-state index in [4.69, 9.17) is 4.74 Å². The molecular weight excluding hydrogens is 282 g/mol. The lowest BCUT2D eigenvalue weighted by Crippen LogP contribution is -2.02. The van der Waals surface area contributed by atoms with Crippen molar-refractivity contribution in [1.82, 2.24) is 15.0 Å². The van der Waals surface area contributed by atoms with Crippen LogP contribution in [0.2, 0.25) is 0 Å². The van der Waals surface area contributed by atoms with Gasteiger partial charge < -0.3 is 10.1 Å². The Morgan fingerprint density at radius 1 is 1.30 bits per heavy atom. The largest absolute Gasteiger partial charge is 0.467 e. The third-order valence-electron chi connectivity index (χ3n) is 2.26. The van der Waals surface area contributed by atoms with E-state index < -0.39 is 4.92 Å². The number of hydrogen-bond acceptors (Lipinski definition) is 8. The molecule has 1 aromatic carbocycles. The lowest BCUT2D eigenvalue weighted by Gasteiger charge is -2.05. The number of methoxy groups -OCH3 is 1. The zero-order valence-electron chi connectivity index (χ0n) is 10.7. The van der Waals surface area contributed by atoms with Crippen LogP contribution in [0.5, 0.6) is 6.01 Å². The van der Waals surface area contributed by atoms with Crippen LogP contribution in [0.1, 0.15) is 0 Å². The minimum atomic E-state index is -0.445. The summed E-state index contributed by atoms with van der Waals surface area (Å²) >= 11 is 1.08. The van der Waals surface area contributed by atoms with Gasteiger partial charge in [0.25, 0.3) is 5.69 Å². The number of rotatable bonds is 5. The molecule has 0 atom stereocenters. The number of nitrogens with one attached hydrogen (secondary N) is 1. The number of anilines is 1. The van der Waals surface area contributed by atoms with Crippen LogP contribution in [-0.2, 0) is 0 Å². The number of hydrogen-bond donors (Lipinski definition) is 1. The van der Waals surface area contributed by atoms with Crippen LogP contribution >= 0.6 is 11.8 Å². The molecule has 0 spiro atoms. The van der Waals surface area contributed by atoms with Gasteiger partial charge in [-0.1, -0.05) is 12.1 Å². The molecule has 9 heteroatoms. The number of benzene rings is 1. The minimum absolute atomic E-state index is 0.00267. The van der Waals surface area contributed by atoms with E-state index in [1.807, 2.05) is 0 Å². The fourth-order valence-corrected chi connectivity index (χ4v) is 2.23. The molecule has 1 heterocycles. The van der Waals surface area contributed by atoms with Gasteiger partial charge in [-0.3, -0.25) is 10.1 Å². The van der Waals surface area contributed by atoms with Crippen molar-refractivity contribution < 1.29 is 9.66 Å². The van der Waals surface area contributed by atoms with E-state index in [0.29, 0.717) is 16.0 Å². The first-order valence-electron chi connectivity index (χ1n) is 5.53. The van der Waals surface area contributed by atoms with Crippen LogP contribution in [0, 0.1) is 10.1 Å². The highest BCUT2D eigenvalue weighted by molar-refractivity contribution is 7.99. The lowest BCUT2D eigenvalue weighted by molar-refractivity contribution is -0.387. The van der Waals surface area contributed by atoms with Gasteiger partial charge in [0.05, 0.1) is 16.9 Å². The summed E-state index contributed by atoms with van der Waals surface area (Å²) in [7, 11) is 3.10. The minimum Gasteiger partial charge on any atom is -0.467 e. The van der Waals surface area contributed by atoms with Crippen LogP contribution in [0.3, 0.4) is 0 Å². The Bertz CT molecular complexity index is 615. The van der Waals surface area contributed by atoms with Crippen LogP contribution in [0.4, 0.5) is 11.6 Å². The molecule has 2 aromatic rings. The van der Waals surface area contributed by atoms with Crippen molar-refractivity contribution in [2.75, 3.05) is 19.5 Å². The molecule has 0 radical (unpaired) electrons. The van der Waals surface area contributed by atoms with Crippen LogP contribution in [0.15, 0.2) is 34.3 Å². The number of nitro benzene ring substituents is 1. The Kier molecular flexibility index (Phi) is 4.31. The number of aromatic nitrogens is 3. The maximum atomic E-state index is 11.0. The van der Waals surface area contributed by atoms with E-state index in [9.17, 15) is 10.1 Å². The summed E-state index contributed by atoms with van der Waals surface area (Å²) in [6.07, 6.45) is 0. The monoisotopic (exact) mass is 293 g/mol. The molecule has 0 bridgehead atoms. The molecule has 0 aliphatic rings. The molecule has 0 saturated heterocycles. The van der Waals surface area contributed by atoms with Gasteiger partial charge in [0.2, 0.25) is 11.1 Å². The lowest BCUT2D eigenvalue weighted by atomic mass is 10.3. The smallest absolute Gasteiger partial charge is 0.321 e. The molecule has 1 N–H and O–H groups in total. The molecular formula is C11H11N5O3S. The Hall–Kier alpha value is -2.42. The van der Waals surface area contributed by atoms with E-state index in [-0.39, 0.29) is 11.7 Å². The topological polar surface area (TPSA) is 103 Å². The van der Waals surface area contributed by atoms with Crippen molar-refractivity contribution in [3.8, 4) is 6.01 Å². The van der Waals surface area contributed by atoms with Crippen molar-refractivity contribution in [3.05, 3.63) is 34.4 Å². The summed E-state index contributed by atoms with van der Waals surface area (Å²) in [6.45, 7) is 0. The second kappa shape index (κ2) is 6.15. The number of nitrogens with zero attached hydrogens (tertiary/aromatic N) is 4. The Morgan fingerprint density at radius 3 is 2.70 bits per heavy atom. The molecule has 2 rings (SSSR count). The van der Waals surface area contributed by atoms with Crippen molar-refractivity contribution in [3.63, 3.8) is 0 Å². The average Bonchev–Trinajstić information content (AvgIpc) is 2.47. The van der Waals surface area contributed by atoms with E-state index in [1.54, 1.807) is 25.2 Å². The van der Waals surface area contributed by atoms with E-state index in [1.165, 1.54) is 13.2 Å². The predicted molar refractivity (Wildman–Crippen MR) is 73.1 cm³/mol. The van der Waals surface area contributed by atoms with Gasteiger partial charge in [-0.05, 0) is 17.8 Å². The van der Waals surface area contributed by atoms with Gasteiger partial charge in [0.15, 0.2) is 0 Å². The zero-order chi connectivity index (χ0) is 14.5. The Balaban J connectivity index is 2.37. The molecule has 0 fully saturated rings. The first-order valence-corrected chi connectivity index (χ1v) is 6.34. The summed E-state index contributed by atoms with van der Waals surface area (Å²) in [4.78, 5) is 23.1. The first kappa shape index (κ1) is 14.0. The van der Waals surface area contributed by atoms with Crippen molar-refractivity contribution in [2.24, 2.45) is 0 Å². The number of nitro groups is 1. The van der Waals surface area contributed by atoms with Crippen molar-refractivity contribution >= 4 is 23.4 Å². The highest BCUT2D eigenvalue weighted by atomic mass is 32.2. The van der Waals surface area contributed by atoms with Crippen LogP contribution < -0.4 is 10.1 Å². The number of ether oxygens (including phenoxy) is 1. The van der Waals surface area contributed by atoms with Gasteiger partial charge in [0, 0.05) is 13.1 Å². The summed E-state index contributed by atoms with van der Waals surface area (Å²) in [6, 6.07) is 6.53. The second-order valence-corrected chi connectivity index (χ2v) is 4.51. The highest BCUT2D eigenvalue weighted by Gasteiger charge is 2.16. The molecule has 1 aromatic heterocycles. The van der Waals surface area contributed by atoms with Gasteiger partial charge >= 0.3 is 6.01 Å². The third-order valence-corrected chi connectivity index (χ3v) is 3.19. The predicted octanol–water partition coefficient (Wildman–Crippen LogP) is 1.98. The summed E-state index contributed by atoms with van der Waals surface area (Å²) in [5.41, 5.74) is 0.00267. The zero-order valence-corrected chi connectivity index (χ0v) is 11.5. The van der Waals surface area contributed by atoms with Gasteiger partial charge in [-0.25, -0.2) is 0 Å². The van der Waals surface area contributed by atoms with Gasteiger partial charge in [-0.2, -0.15) is 15.0 Å². The van der Waals surface area contributed by atoms with Crippen LogP contribution in [-0.4, -0.2) is 34.0 Å². The maximum absolute atomic E-state index is 11.0. The SMILES string of the molecule is CNc1nc(OC)nc(Sc2ccccc2[N+](=O)[O-])n1. The van der Waals surface area contributed by atoms with E-state index in [2.05, 4.69) is 20.3 Å². The van der Waals surface area contributed by atoms with E-state index in [0.717, 1.165) is 11.8 Å².